The van der Waals surface area contributed by atoms with E-state index in [9.17, 15) is 4.79 Å². The highest BCUT2D eigenvalue weighted by Crippen LogP contribution is 2.36. The zero-order valence-corrected chi connectivity index (χ0v) is 23.9. The Morgan fingerprint density at radius 3 is 2.59 bits per heavy atom. The lowest BCUT2D eigenvalue weighted by Crippen LogP contribution is -2.52. The topological polar surface area (TPSA) is 53.8 Å². The van der Waals surface area contributed by atoms with Crippen LogP contribution in [0, 0.1) is 12.3 Å². The molecule has 2 aliphatic heterocycles. The van der Waals surface area contributed by atoms with Gasteiger partial charge in [0.05, 0.1) is 19.3 Å². The van der Waals surface area contributed by atoms with Crippen molar-refractivity contribution in [2.45, 2.75) is 39.3 Å². The van der Waals surface area contributed by atoms with Crippen LogP contribution in [0.4, 0.5) is 0 Å². The molecule has 5 rings (SSSR count). The minimum atomic E-state index is -0.244. The molecule has 1 amide bonds. The molecule has 3 aromatic rings. The predicted molar refractivity (Wildman–Crippen MR) is 155 cm³/mol. The van der Waals surface area contributed by atoms with Crippen molar-refractivity contribution in [2.75, 3.05) is 52.9 Å². The number of benzene rings is 2. The third-order valence-corrected chi connectivity index (χ3v) is 8.50. The van der Waals surface area contributed by atoms with Crippen molar-refractivity contribution in [1.29, 1.82) is 0 Å². The first-order chi connectivity index (χ1) is 18.9. The number of piperidine rings is 1. The lowest BCUT2D eigenvalue weighted by molar-refractivity contribution is -0.137. The van der Waals surface area contributed by atoms with Gasteiger partial charge in [-0.2, -0.15) is 5.10 Å². The number of amides is 1. The molecule has 0 unspecified atom stereocenters. The van der Waals surface area contributed by atoms with E-state index in [4.69, 9.17) is 16.3 Å². The van der Waals surface area contributed by atoms with E-state index in [2.05, 4.69) is 52.4 Å². The predicted octanol–water partition coefficient (Wildman–Crippen LogP) is 4.72. The Morgan fingerprint density at radius 2 is 1.82 bits per heavy atom. The highest BCUT2D eigenvalue weighted by atomic mass is 35.5. The molecular weight excluding hydrogens is 510 g/mol. The number of halogens is 1. The average Bonchev–Trinajstić information content (AvgIpc) is 3.37. The van der Waals surface area contributed by atoms with Crippen molar-refractivity contribution in [2.24, 2.45) is 5.41 Å². The van der Waals surface area contributed by atoms with Crippen LogP contribution in [0.1, 0.15) is 36.0 Å². The van der Waals surface area contributed by atoms with Crippen LogP contribution in [0.2, 0.25) is 5.02 Å². The summed E-state index contributed by atoms with van der Waals surface area (Å²) in [6.45, 7) is 9.37. The molecule has 7 nitrogen and oxygen atoms in total. The maximum Gasteiger partial charge on any atom is 0.223 e. The number of likely N-dealkylation sites (N-methyl/N-ethyl adjacent to an activating group) is 1. The lowest BCUT2D eigenvalue weighted by atomic mass is 9.77. The highest BCUT2D eigenvalue weighted by molar-refractivity contribution is 6.31. The van der Waals surface area contributed by atoms with Crippen LogP contribution in [0.5, 0.6) is 5.75 Å². The third-order valence-electron chi connectivity index (χ3n) is 8.08. The van der Waals surface area contributed by atoms with Gasteiger partial charge in [-0.3, -0.25) is 14.4 Å². The van der Waals surface area contributed by atoms with E-state index >= 15 is 0 Å². The zero-order chi connectivity index (χ0) is 27.2. The fraction of sp³-hybridized carbons (Fsp3) is 0.484. The second-order valence-electron chi connectivity index (χ2n) is 11.4. The molecule has 3 heterocycles. The number of piperazine rings is 1. The Balaban J connectivity index is 1.28. The first-order valence-electron chi connectivity index (χ1n) is 14.0. The van der Waals surface area contributed by atoms with Gasteiger partial charge in [-0.05, 0) is 62.7 Å². The van der Waals surface area contributed by atoms with E-state index in [1.54, 1.807) is 0 Å². The summed E-state index contributed by atoms with van der Waals surface area (Å²) >= 11 is 6.24. The minimum Gasteiger partial charge on any atom is -0.493 e. The van der Waals surface area contributed by atoms with Crippen molar-refractivity contribution in [1.82, 2.24) is 24.5 Å². The molecule has 2 aliphatic rings. The van der Waals surface area contributed by atoms with Crippen molar-refractivity contribution < 1.29 is 9.53 Å². The van der Waals surface area contributed by atoms with Gasteiger partial charge < -0.3 is 14.5 Å². The number of carbonyl (C=O) groups is 1. The highest BCUT2D eigenvalue weighted by Gasteiger charge is 2.40. The van der Waals surface area contributed by atoms with Crippen molar-refractivity contribution in [3.8, 4) is 5.75 Å². The number of likely N-dealkylation sites (tertiary alicyclic amines) is 1. The summed E-state index contributed by atoms with van der Waals surface area (Å²) in [7, 11) is 2.12. The first kappa shape index (κ1) is 27.7. The van der Waals surface area contributed by atoms with E-state index in [-0.39, 0.29) is 11.3 Å². The molecule has 8 heteroatoms. The second-order valence-corrected chi connectivity index (χ2v) is 11.8. The van der Waals surface area contributed by atoms with Crippen molar-refractivity contribution in [3.05, 3.63) is 82.6 Å². The number of nitrogens with zero attached hydrogens (tertiary/aromatic N) is 5. The van der Waals surface area contributed by atoms with Crippen LogP contribution in [0.25, 0.3) is 0 Å². The number of carbonyl (C=O) groups excluding carboxylic acids is 1. The van der Waals surface area contributed by atoms with Crippen LogP contribution < -0.4 is 4.74 Å². The summed E-state index contributed by atoms with van der Waals surface area (Å²) < 4.78 is 8.38. The molecule has 1 atom stereocenters. The number of aryl methyl sites for hydroxylation is 1. The van der Waals surface area contributed by atoms with Crippen molar-refractivity contribution in [3.63, 3.8) is 0 Å². The van der Waals surface area contributed by atoms with Gasteiger partial charge in [-0.15, -0.1) is 0 Å². The van der Waals surface area contributed by atoms with Crippen LogP contribution in [-0.2, 0) is 17.9 Å². The second kappa shape index (κ2) is 12.5. The third kappa shape index (κ3) is 7.41. The smallest absolute Gasteiger partial charge is 0.223 e. The number of ether oxygens (including phenoxy) is 1. The van der Waals surface area contributed by atoms with Crippen LogP contribution in [0.3, 0.4) is 0 Å². The summed E-state index contributed by atoms with van der Waals surface area (Å²) in [6, 6.07) is 16.2. The summed E-state index contributed by atoms with van der Waals surface area (Å²) in [5.41, 5.74) is 3.18. The average molecular weight is 550 g/mol. The van der Waals surface area contributed by atoms with E-state index < -0.39 is 0 Å². The van der Waals surface area contributed by atoms with E-state index in [0.717, 1.165) is 81.5 Å². The molecule has 0 radical (unpaired) electrons. The van der Waals surface area contributed by atoms with Gasteiger partial charge in [0, 0.05) is 67.9 Å². The number of aromatic nitrogens is 2. The Labute approximate surface area is 237 Å². The monoisotopic (exact) mass is 549 g/mol. The largest absolute Gasteiger partial charge is 0.493 e. The van der Waals surface area contributed by atoms with Gasteiger partial charge >= 0.3 is 0 Å². The van der Waals surface area contributed by atoms with Crippen LogP contribution >= 0.6 is 11.6 Å². The molecule has 0 bridgehead atoms. The minimum absolute atomic E-state index is 0.244. The molecule has 0 spiro atoms. The Bertz CT molecular complexity index is 1240. The number of rotatable bonds is 9. The molecule has 208 valence electrons. The quantitative estimate of drug-likeness (QED) is 0.387. The van der Waals surface area contributed by atoms with Crippen molar-refractivity contribution >= 4 is 17.5 Å². The Kier molecular flexibility index (Phi) is 8.90. The molecule has 1 aromatic heterocycles. The number of hydrogen-bond acceptors (Lipinski definition) is 5. The van der Waals surface area contributed by atoms with Gasteiger partial charge in [-0.25, -0.2) is 0 Å². The molecule has 0 saturated carbocycles. The summed E-state index contributed by atoms with van der Waals surface area (Å²) in [5, 5.41) is 5.35. The molecule has 2 saturated heterocycles. The fourth-order valence-electron chi connectivity index (χ4n) is 5.79. The number of hydrogen-bond donors (Lipinski definition) is 0. The van der Waals surface area contributed by atoms with E-state index in [0.29, 0.717) is 13.0 Å². The van der Waals surface area contributed by atoms with Gasteiger partial charge in [0.15, 0.2) is 0 Å². The molecule has 0 N–H and O–H groups in total. The van der Waals surface area contributed by atoms with Crippen LogP contribution in [-0.4, -0.2) is 83.3 Å². The summed E-state index contributed by atoms with van der Waals surface area (Å²) in [4.78, 5) is 20.3. The molecule has 0 aliphatic carbocycles. The van der Waals surface area contributed by atoms with Gasteiger partial charge in [0.25, 0.3) is 0 Å². The maximum absolute atomic E-state index is 13.5. The Hall–Kier alpha value is -2.87. The van der Waals surface area contributed by atoms with Gasteiger partial charge in [-0.1, -0.05) is 41.9 Å². The van der Waals surface area contributed by atoms with Gasteiger partial charge in [0.2, 0.25) is 5.91 Å². The molecular formula is C31H40ClN5O2. The molecule has 2 aromatic carbocycles. The zero-order valence-electron chi connectivity index (χ0n) is 23.2. The van der Waals surface area contributed by atoms with Gasteiger partial charge in [0.1, 0.15) is 5.75 Å². The summed E-state index contributed by atoms with van der Waals surface area (Å²) in [6.07, 6.45) is 6.64. The standard InChI is InChI=1S/C31H40ClN5O2/c1-25-17-28(9-10-29(25)32)39-24-31(18-30(38)36-15-13-34(2)14-16-36)11-6-12-35(23-31)20-27-19-33-37(22-27)21-26-7-4-3-5-8-26/h3-5,7-10,17,19,22H,6,11-16,18,20-21,23-24H2,1-2H3/t31-/m0/s1. The van der Waals surface area contributed by atoms with E-state index in [1.165, 1.54) is 11.1 Å². The SMILES string of the molecule is Cc1cc(OC[C@]2(CC(=O)N3CCN(C)CC3)CCCN(Cc3cnn(Cc4ccccc4)c3)C2)ccc1Cl. The lowest BCUT2D eigenvalue weighted by Gasteiger charge is -2.43. The first-order valence-corrected chi connectivity index (χ1v) is 14.4. The maximum atomic E-state index is 13.5. The van der Waals surface area contributed by atoms with E-state index in [1.807, 2.05) is 47.0 Å². The molecule has 39 heavy (non-hydrogen) atoms. The molecule has 2 fully saturated rings. The normalized spacial score (nSPS) is 20.7. The summed E-state index contributed by atoms with van der Waals surface area (Å²) in [5.74, 6) is 1.05. The van der Waals surface area contributed by atoms with Crippen LogP contribution in [0.15, 0.2) is 60.9 Å². The fourth-order valence-corrected chi connectivity index (χ4v) is 5.91. The Morgan fingerprint density at radius 1 is 1.03 bits per heavy atom.